The van der Waals surface area contributed by atoms with E-state index in [1.54, 1.807) is 6.92 Å². The van der Waals surface area contributed by atoms with E-state index in [0.717, 1.165) is 17.6 Å². The fourth-order valence-corrected chi connectivity index (χ4v) is 3.00. The van der Waals surface area contributed by atoms with Gasteiger partial charge in [-0.25, -0.2) is 0 Å². The van der Waals surface area contributed by atoms with E-state index in [1.165, 1.54) is 6.08 Å². The van der Waals surface area contributed by atoms with Gasteiger partial charge in [-0.05, 0) is 42.7 Å². The van der Waals surface area contributed by atoms with E-state index in [-0.39, 0.29) is 5.92 Å². The van der Waals surface area contributed by atoms with Crippen molar-refractivity contribution in [2.45, 2.75) is 47.5 Å². The Bertz CT molecular complexity index is 485. The quantitative estimate of drug-likeness (QED) is 0.782. The van der Waals surface area contributed by atoms with Crippen LogP contribution in [-0.2, 0) is 9.59 Å². The predicted molar refractivity (Wildman–Crippen MR) is 81.9 cm³/mol. The number of hydrogen-bond acceptors (Lipinski definition) is 2. The minimum Gasteiger partial charge on any atom is -0.481 e. The van der Waals surface area contributed by atoms with Crippen LogP contribution in [0.1, 0.15) is 47.5 Å². The van der Waals surface area contributed by atoms with E-state index in [1.807, 2.05) is 19.9 Å². The minimum atomic E-state index is -1.37. The second-order valence-corrected chi connectivity index (χ2v) is 6.88. The number of carboxylic acid groups (broad SMARTS) is 2. The van der Waals surface area contributed by atoms with Gasteiger partial charge in [-0.2, -0.15) is 0 Å². The topological polar surface area (TPSA) is 74.6 Å². The lowest BCUT2D eigenvalue weighted by atomic mass is 9.64. The number of carboxylic acids is 2. The Balaban J connectivity index is 3.45. The summed E-state index contributed by atoms with van der Waals surface area (Å²) in [6.45, 7) is 9.76. The molecule has 2 atom stereocenters. The number of allylic oxidation sites excluding steroid dienone is 2. The van der Waals surface area contributed by atoms with Crippen LogP contribution in [0.5, 0.6) is 0 Å². The van der Waals surface area contributed by atoms with Gasteiger partial charge < -0.3 is 10.2 Å². The maximum atomic E-state index is 11.9. The molecule has 1 rings (SSSR count). The molecule has 0 aromatic carbocycles. The van der Waals surface area contributed by atoms with Crippen LogP contribution in [0.15, 0.2) is 23.3 Å². The Morgan fingerprint density at radius 2 is 1.67 bits per heavy atom. The first-order valence-corrected chi connectivity index (χ1v) is 7.47. The Labute approximate surface area is 126 Å². The number of aliphatic carboxylic acids is 2. The normalized spacial score (nSPS) is 25.8. The largest absolute Gasteiger partial charge is 0.481 e. The van der Waals surface area contributed by atoms with E-state index >= 15 is 0 Å². The van der Waals surface area contributed by atoms with Crippen LogP contribution in [0.2, 0.25) is 0 Å². The van der Waals surface area contributed by atoms with Crippen molar-refractivity contribution in [3.05, 3.63) is 23.3 Å². The van der Waals surface area contributed by atoms with Crippen molar-refractivity contribution in [1.29, 1.82) is 0 Å². The van der Waals surface area contributed by atoms with Gasteiger partial charge in [0, 0.05) is 0 Å². The summed E-state index contributed by atoms with van der Waals surface area (Å²) >= 11 is 0. The predicted octanol–water partition coefficient (Wildman–Crippen LogP) is 3.74. The van der Waals surface area contributed by atoms with E-state index in [9.17, 15) is 19.8 Å². The van der Waals surface area contributed by atoms with Crippen LogP contribution < -0.4 is 0 Å². The molecule has 0 aliphatic heterocycles. The lowest BCUT2D eigenvalue weighted by Gasteiger charge is -2.37. The van der Waals surface area contributed by atoms with Crippen LogP contribution >= 0.6 is 0 Å². The van der Waals surface area contributed by atoms with Crippen molar-refractivity contribution in [3.8, 4) is 0 Å². The molecule has 1 aliphatic rings. The van der Waals surface area contributed by atoms with Crippen molar-refractivity contribution in [1.82, 2.24) is 0 Å². The summed E-state index contributed by atoms with van der Waals surface area (Å²) in [6.07, 6.45) is 4.74. The fraction of sp³-hybridized carbons (Fsp3) is 0.647. The Kier molecular flexibility index (Phi) is 5.37. The van der Waals surface area contributed by atoms with Crippen molar-refractivity contribution in [2.24, 2.45) is 23.2 Å². The first kappa shape index (κ1) is 17.5. The fourth-order valence-electron chi connectivity index (χ4n) is 3.00. The zero-order chi connectivity index (χ0) is 16.4. The second-order valence-electron chi connectivity index (χ2n) is 6.88. The third-order valence-corrected chi connectivity index (χ3v) is 4.08. The molecule has 2 N–H and O–H groups in total. The average molecular weight is 294 g/mol. The molecule has 21 heavy (non-hydrogen) atoms. The zero-order valence-electron chi connectivity index (χ0n) is 13.5. The standard InChI is InChI=1S/C17H26O4/c1-10(2)8-12-6-7-13(15(18)19)17(5,16(20)21)14(12)9-11(3)4/h6-7,10-11,13H,8-9H2,1-5H3,(H,18,19)(H,20,21). The number of carbonyl (C=O) groups is 2. The summed E-state index contributed by atoms with van der Waals surface area (Å²) < 4.78 is 0. The number of hydrogen-bond donors (Lipinski definition) is 2. The molecule has 0 saturated heterocycles. The third kappa shape index (κ3) is 3.55. The second kappa shape index (κ2) is 6.46. The summed E-state index contributed by atoms with van der Waals surface area (Å²) in [5.41, 5.74) is 0.393. The van der Waals surface area contributed by atoms with Crippen molar-refractivity contribution >= 4 is 11.9 Å². The van der Waals surface area contributed by atoms with Gasteiger partial charge in [-0.1, -0.05) is 39.8 Å². The lowest BCUT2D eigenvalue weighted by Crippen LogP contribution is -2.43. The van der Waals surface area contributed by atoms with Crippen molar-refractivity contribution in [2.75, 3.05) is 0 Å². The van der Waals surface area contributed by atoms with Gasteiger partial charge in [0.05, 0.1) is 5.92 Å². The monoisotopic (exact) mass is 294 g/mol. The molecule has 0 aromatic rings. The van der Waals surface area contributed by atoms with Crippen LogP contribution in [-0.4, -0.2) is 22.2 Å². The van der Waals surface area contributed by atoms with E-state index in [0.29, 0.717) is 12.3 Å². The highest BCUT2D eigenvalue weighted by molar-refractivity contribution is 5.88. The average Bonchev–Trinajstić information content (AvgIpc) is 2.32. The number of rotatable bonds is 6. The first-order chi connectivity index (χ1) is 9.60. The lowest BCUT2D eigenvalue weighted by molar-refractivity contribution is -0.156. The van der Waals surface area contributed by atoms with E-state index in [4.69, 9.17) is 0 Å². The Morgan fingerprint density at radius 3 is 2.05 bits per heavy atom. The third-order valence-electron chi connectivity index (χ3n) is 4.08. The summed E-state index contributed by atoms with van der Waals surface area (Å²) in [5, 5.41) is 19.1. The molecule has 0 bridgehead atoms. The molecule has 0 aromatic heterocycles. The minimum absolute atomic E-state index is 0.279. The molecule has 0 fully saturated rings. The van der Waals surface area contributed by atoms with Crippen LogP contribution in [0, 0.1) is 23.2 Å². The van der Waals surface area contributed by atoms with Crippen molar-refractivity contribution in [3.63, 3.8) is 0 Å². The molecule has 0 amide bonds. The van der Waals surface area contributed by atoms with Crippen LogP contribution in [0.25, 0.3) is 0 Å². The molecule has 2 unspecified atom stereocenters. The highest BCUT2D eigenvalue weighted by Gasteiger charge is 2.49. The molecule has 4 nitrogen and oxygen atoms in total. The van der Waals surface area contributed by atoms with E-state index in [2.05, 4.69) is 13.8 Å². The molecule has 0 spiro atoms. The van der Waals surface area contributed by atoms with E-state index < -0.39 is 23.3 Å². The maximum Gasteiger partial charge on any atom is 0.314 e. The smallest absolute Gasteiger partial charge is 0.314 e. The molecular weight excluding hydrogens is 268 g/mol. The van der Waals surface area contributed by atoms with Gasteiger partial charge in [-0.3, -0.25) is 9.59 Å². The van der Waals surface area contributed by atoms with Gasteiger partial charge >= 0.3 is 11.9 Å². The maximum absolute atomic E-state index is 11.9. The molecule has 1 aliphatic carbocycles. The molecule has 0 radical (unpaired) electrons. The molecule has 4 heteroatoms. The summed E-state index contributed by atoms with van der Waals surface area (Å²) in [5.74, 6) is -2.48. The van der Waals surface area contributed by atoms with Gasteiger partial charge in [0.1, 0.15) is 5.41 Å². The molecule has 0 heterocycles. The zero-order valence-corrected chi connectivity index (χ0v) is 13.5. The van der Waals surface area contributed by atoms with Crippen LogP contribution in [0.4, 0.5) is 0 Å². The van der Waals surface area contributed by atoms with Gasteiger partial charge in [0.2, 0.25) is 0 Å². The highest BCUT2D eigenvalue weighted by Crippen LogP contribution is 2.46. The van der Waals surface area contributed by atoms with Crippen molar-refractivity contribution < 1.29 is 19.8 Å². The Hall–Kier alpha value is -1.58. The van der Waals surface area contributed by atoms with Gasteiger partial charge in [0.15, 0.2) is 0 Å². The van der Waals surface area contributed by atoms with Crippen LogP contribution in [0.3, 0.4) is 0 Å². The summed E-state index contributed by atoms with van der Waals surface area (Å²) in [4.78, 5) is 23.4. The molecular formula is C17H26O4. The highest BCUT2D eigenvalue weighted by atomic mass is 16.4. The first-order valence-electron chi connectivity index (χ1n) is 7.47. The Morgan fingerprint density at radius 1 is 1.14 bits per heavy atom. The molecule has 0 saturated carbocycles. The molecule has 118 valence electrons. The summed E-state index contributed by atoms with van der Waals surface area (Å²) in [6, 6.07) is 0. The summed E-state index contributed by atoms with van der Waals surface area (Å²) in [7, 11) is 0. The van der Waals surface area contributed by atoms with Gasteiger partial charge in [-0.15, -0.1) is 0 Å². The SMILES string of the molecule is CC(C)CC1=C(CC(C)C)C(C)(C(=O)O)C(C(=O)O)C=C1. The van der Waals surface area contributed by atoms with Gasteiger partial charge in [0.25, 0.3) is 0 Å².